The second-order valence-corrected chi connectivity index (χ2v) is 4.96. The third-order valence-corrected chi connectivity index (χ3v) is 3.82. The van der Waals surface area contributed by atoms with E-state index in [2.05, 4.69) is 66.6 Å². The highest BCUT2D eigenvalue weighted by atomic mass is 14.8. The molecule has 1 aromatic heterocycles. The van der Waals surface area contributed by atoms with Crippen molar-refractivity contribution in [3.63, 3.8) is 0 Å². The standard InChI is InChI=1S/C17H18N2/c1-11-12(2)19-17-9-6-14(10-16(11)17)13-4-7-15(18-3)8-5-13/h4-10,18-19H,1-3H3. The van der Waals surface area contributed by atoms with E-state index in [9.17, 15) is 0 Å². The topological polar surface area (TPSA) is 27.8 Å². The maximum Gasteiger partial charge on any atom is 0.0459 e. The molecule has 96 valence electrons. The molecule has 0 spiro atoms. The highest BCUT2D eigenvalue weighted by molar-refractivity contribution is 5.89. The molecule has 2 nitrogen and oxygen atoms in total. The van der Waals surface area contributed by atoms with Crippen molar-refractivity contribution in [3.05, 3.63) is 53.7 Å². The molecule has 0 aliphatic heterocycles. The van der Waals surface area contributed by atoms with E-state index in [1.165, 1.54) is 33.3 Å². The molecule has 2 N–H and O–H groups in total. The van der Waals surface area contributed by atoms with Gasteiger partial charge in [-0.3, -0.25) is 0 Å². The predicted molar refractivity (Wildman–Crippen MR) is 82.8 cm³/mol. The Hall–Kier alpha value is -2.22. The van der Waals surface area contributed by atoms with Gasteiger partial charge in [0.15, 0.2) is 0 Å². The van der Waals surface area contributed by atoms with Gasteiger partial charge in [0.2, 0.25) is 0 Å². The summed E-state index contributed by atoms with van der Waals surface area (Å²) in [5.74, 6) is 0. The van der Waals surface area contributed by atoms with E-state index in [4.69, 9.17) is 0 Å². The Kier molecular flexibility index (Phi) is 2.79. The van der Waals surface area contributed by atoms with Gasteiger partial charge in [-0.25, -0.2) is 0 Å². The molecular formula is C17H18N2. The van der Waals surface area contributed by atoms with Crippen LogP contribution >= 0.6 is 0 Å². The minimum absolute atomic E-state index is 1.14. The summed E-state index contributed by atoms with van der Waals surface area (Å²) < 4.78 is 0. The molecule has 0 bridgehead atoms. The van der Waals surface area contributed by atoms with Crippen LogP contribution in [0.4, 0.5) is 5.69 Å². The Balaban J connectivity index is 2.11. The second kappa shape index (κ2) is 4.47. The lowest BCUT2D eigenvalue weighted by atomic mass is 10.0. The van der Waals surface area contributed by atoms with Crippen molar-refractivity contribution in [2.45, 2.75) is 13.8 Å². The van der Waals surface area contributed by atoms with Crippen molar-refractivity contribution in [3.8, 4) is 11.1 Å². The zero-order valence-corrected chi connectivity index (χ0v) is 11.5. The van der Waals surface area contributed by atoms with Crippen LogP contribution in [0.25, 0.3) is 22.0 Å². The molecule has 2 aromatic carbocycles. The molecule has 3 rings (SSSR count). The average molecular weight is 250 g/mol. The molecule has 0 saturated carbocycles. The molecule has 0 aliphatic rings. The maximum atomic E-state index is 3.41. The van der Waals surface area contributed by atoms with Crippen LogP contribution in [0.15, 0.2) is 42.5 Å². The summed E-state index contributed by atoms with van der Waals surface area (Å²) in [5.41, 5.74) is 7.45. The summed E-state index contributed by atoms with van der Waals surface area (Å²) in [4.78, 5) is 3.41. The van der Waals surface area contributed by atoms with Gasteiger partial charge in [-0.2, -0.15) is 0 Å². The van der Waals surface area contributed by atoms with E-state index in [0.29, 0.717) is 0 Å². The monoisotopic (exact) mass is 250 g/mol. The number of anilines is 1. The van der Waals surface area contributed by atoms with Gasteiger partial charge in [-0.15, -0.1) is 0 Å². The number of aromatic amines is 1. The Morgan fingerprint density at radius 1 is 0.895 bits per heavy atom. The first kappa shape index (κ1) is 11.8. The summed E-state index contributed by atoms with van der Waals surface area (Å²) in [6.45, 7) is 4.29. The van der Waals surface area contributed by atoms with Gasteiger partial charge < -0.3 is 10.3 Å². The van der Waals surface area contributed by atoms with Crippen molar-refractivity contribution < 1.29 is 0 Å². The number of nitrogens with one attached hydrogen (secondary N) is 2. The van der Waals surface area contributed by atoms with Crippen LogP contribution in [-0.2, 0) is 0 Å². The number of H-pyrrole nitrogens is 1. The van der Waals surface area contributed by atoms with E-state index in [-0.39, 0.29) is 0 Å². The van der Waals surface area contributed by atoms with Gasteiger partial charge >= 0.3 is 0 Å². The smallest absolute Gasteiger partial charge is 0.0459 e. The summed E-state index contributed by atoms with van der Waals surface area (Å²) >= 11 is 0. The van der Waals surface area contributed by atoms with Crippen molar-refractivity contribution in [2.24, 2.45) is 0 Å². The molecule has 0 fully saturated rings. The number of hydrogen-bond donors (Lipinski definition) is 2. The van der Waals surface area contributed by atoms with E-state index in [0.717, 1.165) is 5.69 Å². The molecule has 0 unspecified atom stereocenters. The quantitative estimate of drug-likeness (QED) is 0.689. The first-order chi connectivity index (χ1) is 9.19. The Labute approximate surface area is 113 Å². The van der Waals surface area contributed by atoms with Gasteiger partial charge in [0.05, 0.1) is 0 Å². The van der Waals surface area contributed by atoms with E-state index in [1.54, 1.807) is 0 Å². The lowest BCUT2D eigenvalue weighted by molar-refractivity contribution is 1.25. The summed E-state index contributed by atoms with van der Waals surface area (Å²) in [5, 5.41) is 4.46. The highest BCUT2D eigenvalue weighted by Gasteiger charge is 2.06. The van der Waals surface area contributed by atoms with Crippen LogP contribution in [0.5, 0.6) is 0 Å². The zero-order valence-electron chi connectivity index (χ0n) is 11.5. The molecule has 0 radical (unpaired) electrons. The summed E-state index contributed by atoms with van der Waals surface area (Å²) in [6, 6.07) is 15.1. The Morgan fingerprint density at radius 2 is 1.58 bits per heavy atom. The number of aryl methyl sites for hydroxylation is 2. The third-order valence-electron chi connectivity index (χ3n) is 3.82. The number of aromatic nitrogens is 1. The molecule has 0 aliphatic carbocycles. The minimum Gasteiger partial charge on any atom is -0.388 e. The van der Waals surface area contributed by atoms with Crippen molar-refractivity contribution in [2.75, 3.05) is 12.4 Å². The van der Waals surface area contributed by atoms with Gasteiger partial charge in [0.1, 0.15) is 0 Å². The average Bonchev–Trinajstić information content (AvgIpc) is 2.74. The van der Waals surface area contributed by atoms with Crippen molar-refractivity contribution in [1.29, 1.82) is 0 Å². The van der Waals surface area contributed by atoms with Crippen molar-refractivity contribution >= 4 is 16.6 Å². The van der Waals surface area contributed by atoms with Gasteiger partial charge in [0, 0.05) is 29.3 Å². The van der Waals surface area contributed by atoms with Crippen LogP contribution in [0.3, 0.4) is 0 Å². The van der Waals surface area contributed by atoms with Crippen LogP contribution < -0.4 is 5.32 Å². The predicted octanol–water partition coefficient (Wildman–Crippen LogP) is 4.49. The second-order valence-electron chi connectivity index (χ2n) is 4.96. The minimum atomic E-state index is 1.14. The normalized spacial score (nSPS) is 10.9. The van der Waals surface area contributed by atoms with Crippen LogP contribution in [0, 0.1) is 13.8 Å². The first-order valence-corrected chi connectivity index (χ1v) is 6.56. The number of benzene rings is 2. The molecule has 19 heavy (non-hydrogen) atoms. The summed E-state index contributed by atoms with van der Waals surface area (Å²) in [6.07, 6.45) is 0. The molecule has 0 atom stereocenters. The van der Waals surface area contributed by atoms with E-state index in [1.807, 2.05) is 7.05 Å². The van der Waals surface area contributed by atoms with Crippen LogP contribution in [0.2, 0.25) is 0 Å². The van der Waals surface area contributed by atoms with Crippen LogP contribution in [0.1, 0.15) is 11.3 Å². The molecule has 2 heteroatoms. The molecule has 0 amide bonds. The zero-order chi connectivity index (χ0) is 13.4. The fraction of sp³-hybridized carbons (Fsp3) is 0.176. The number of fused-ring (bicyclic) bond motifs is 1. The lowest BCUT2D eigenvalue weighted by Gasteiger charge is -2.05. The van der Waals surface area contributed by atoms with Gasteiger partial charge in [-0.05, 0) is 54.8 Å². The lowest BCUT2D eigenvalue weighted by Crippen LogP contribution is -1.86. The Bertz CT molecular complexity index is 721. The van der Waals surface area contributed by atoms with E-state index >= 15 is 0 Å². The fourth-order valence-electron chi connectivity index (χ4n) is 2.47. The third kappa shape index (κ3) is 1.99. The van der Waals surface area contributed by atoms with Crippen LogP contribution in [-0.4, -0.2) is 12.0 Å². The first-order valence-electron chi connectivity index (χ1n) is 6.56. The van der Waals surface area contributed by atoms with Gasteiger partial charge in [-0.1, -0.05) is 18.2 Å². The number of hydrogen-bond acceptors (Lipinski definition) is 1. The Morgan fingerprint density at radius 3 is 2.26 bits per heavy atom. The summed E-state index contributed by atoms with van der Waals surface area (Å²) in [7, 11) is 1.94. The molecule has 0 saturated heterocycles. The largest absolute Gasteiger partial charge is 0.388 e. The number of rotatable bonds is 2. The fourth-order valence-corrected chi connectivity index (χ4v) is 2.47. The molecular weight excluding hydrogens is 232 g/mol. The highest BCUT2D eigenvalue weighted by Crippen LogP contribution is 2.28. The molecule has 3 aromatic rings. The van der Waals surface area contributed by atoms with E-state index < -0.39 is 0 Å². The molecule has 1 heterocycles. The maximum absolute atomic E-state index is 3.41. The van der Waals surface area contributed by atoms with Gasteiger partial charge in [0.25, 0.3) is 0 Å². The van der Waals surface area contributed by atoms with Crippen molar-refractivity contribution in [1.82, 2.24) is 4.98 Å². The SMILES string of the molecule is CNc1ccc(-c2ccc3[nH]c(C)c(C)c3c2)cc1.